The molecule has 0 spiro atoms. The molecule has 0 bridgehead atoms. The number of methoxy groups -OCH3 is 1. The van der Waals surface area contributed by atoms with E-state index in [1.165, 1.54) is 18.2 Å². The number of nitro groups is 1. The van der Waals surface area contributed by atoms with Gasteiger partial charge in [-0.2, -0.15) is 0 Å². The van der Waals surface area contributed by atoms with Crippen LogP contribution in [0.5, 0.6) is 0 Å². The van der Waals surface area contributed by atoms with Gasteiger partial charge in [-0.15, -0.1) is 0 Å². The van der Waals surface area contributed by atoms with Gasteiger partial charge >= 0.3 is 5.97 Å². The third kappa shape index (κ3) is 5.62. The number of carbonyl (C=O) groups excluding carboxylic acids is 2. The molecular weight excluding hydrogens is 316 g/mol. The third-order valence-electron chi connectivity index (χ3n) is 3.41. The van der Waals surface area contributed by atoms with Gasteiger partial charge in [-0.25, -0.2) is 4.79 Å². The quantitative estimate of drug-likeness (QED) is 0.418. The lowest BCUT2D eigenvalue weighted by Gasteiger charge is -2.19. The first-order valence-corrected chi connectivity index (χ1v) is 7.54. The molecule has 0 fully saturated rings. The van der Waals surface area contributed by atoms with Crippen molar-refractivity contribution in [1.82, 2.24) is 5.32 Å². The zero-order valence-corrected chi connectivity index (χ0v) is 13.9. The molecule has 0 aromatic heterocycles. The number of esters is 1. The van der Waals surface area contributed by atoms with Gasteiger partial charge in [0.1, 0.15) is 12.1 Å². The SMILES string of the molecule is COC(=O)[C@@H](Cc1ccccc1[N+](=O)[O-])NC(=O)[C@H](O)CC(C)C. The fourth-order valence-corrected chi connectivity index (χ4v) is 2.24. The van der Waals surface area contributed by atoms with Crippen molar-refractivity contribution in [1.29, 1.82) is 0 Å². The Morgan fingerprint density at radius 3 is 2.50 bits per heavy atom. The molecule has 0 saturated carbocycles. The van der Waals surface area contributed by atoms with Gasteiger partial charge in [0.2, 0.25) is 5.91 Å². The number of para-hydroxylation sites is 1. The third-order valence-corrected chi connectivity index (χ3v) is 3.41. The Labute approximate surface area is 140 Å². The summed E-state index contributed by atoms with van der Waals surface area (Å²) in [5.74, 6) is -1.35. The van der Waals surface area contributed by atoms with Crippen LogP contribution in [0.3, 0.4) is 0 Å². The number of benzene rings is 1. The summed E-state index contributed by atoms with van der Waals surface area (Å²) >= 11 is 0. The largest absolute Gasteiger partial charge is 0.467 e. The van der Waals surface area contributed by atoms with Crippen molar-refractivity contribution in [2.24, 2.45) is 5.92 Å². The number of aliphatic hydroxyl groups is 1. The summed E-state index contributed by atoms with van der Waals surface area (Å²) < 4.78 is 4.64. The molecule has 24 heavy (non-hydrogen) atoms. The standard InChI is InChI=1S/C16H22N2O6/c1-10(2)8-14(19)15(20)17-12(16(21)24-3)9-11-6-4-5-7-13(11)18(22)23/h4-7,10,12,14,19H,8-9H2,1-3H3,(H,17,20)/t12-,14-/m1/s1. The van der Waals surface area contributed by atoms with E-state index in [-0.39, 0.29) is 30.0 Å². The van der Waals surface area contributed by atoms with Crippen LogP contribution in [0.1, 0.15) is 25.8 Å². The van der Waals surface area contributed by atoms with Crippen molar-refractivity contribution in [3.05, 3.63) is 39.9 Å². The van der Waals surface area contributed by atoms with Crippen molar-refractivity contribution in [2.45, 2.75) is 38.8 Å². The van der Waals surface area contributed by atoms with Crippen LogP contribution in [0.15, 0.2) is 24.3 Å². The van der Waals surface area contributed by atoms with E-state index in [9.17, 15) is 24.8 Å². The molecule has 1 aromatic carbocycles. The number of ether oxygens (including phenoxy) is 1. The Morgan fingerprint density at radius 2 is 1.96 bits per heavy atom. The monoisotopic (exact) mass is 338 g/mol. The summed E-state index contributed by atoms with van der Waals surface area (Å²) in [5.41, 5.74) is 0.139. The maximum absolute atomic E-state index is 12.0. The van der Waals surface area contributed by atoms with Crippen LogP contribution < -0.4 is 5.32 Å². The summed E-state index contributed by atoms with van der Waals surface area (Å²) in [6.07, 6.45) is -1.13. The molecule has 132 valence electrons. The topological polar surface area (TPSA) is 119 Å². The molecule has 2 atom stereocenters. The molecule has 8 nitrogen and oxygen atoms in total. The fraction of sp³-hybridized carbons (Fsp3) is 0.500. The number of hydrogen-bond donors (Lipinski definition) is 2. The van der Waals surface area contributed by atoms with Gasteiger partial charge in [-0.05, 0) is 12.3 Å². The molecule has 8 heteroatoms. The first-order valence-electron chi connectivity index (χ1n) is 7.54. The van der Waals surface area contributed by atoms with Gasteiger partial charge in [0.05, 0.1) is 12.0 Å². The zero-order chi connectivity index (χ0) is 18.3. The number of carbonyl (C=O) groups is 2. The molecule has 2 N–H and O–H groups in total. The second kappa shape index (κ2) is 8.97. The van der Waals surface area contributed by atoms with E-state index in [0.29, 0.717) is 0 Å². The van der Waals surface area contributed by atoms with E-state index in [4.69, 9.17) is 0 Å². The molecule has 0 heterocycles. The van der Waals surface area contributed by atoms with E-state index in [1.54, 1.807) is 6.07 Å². The minimum Gasteiger partial charge on any atom is -0.467 e. The number of amides is 1. The Bertz CT molecular complexity index is 602. The molecule has 0 radical (unpaired) electrons. The van der Waals surface area contributed by atoms with Gasteiger partial charge in [0.15, 0.2) is 0 Å². The van der Waals surface area contributed by atoms with E-state index < -0.39 is 28.9 Å². The van der Waals surface area contributed by atoms with Gasteiger partial charge in [0, 0.05) is 18.1 Å². The first-order chi connectivity index (χ1) is 11.3. The van der Waals surface area contributed by atoms with Crippen LogP contribution in [0.25, 0.3) is 0 Å². The molecule has 1 aromatic rings. The van der Waals surface area contributed by atoms with Crippen LogP contribution in [-0.2, 0) is 20.7 Å². The predicted molar refractivity (Wildman–Crippen MR) is 86.2 cm³/mol. The summed E-state index contributed by atoms with van der Waals surface area (Å²) in [7, 11) is 1.16. The average Bonchev–Trinajstić information content (AvgIpc) is 2.52. The van der Waals surface area contributed by atoms with Gasteiger partial charge in [0.25, 0.3) is 5.69 Å². The number of hydrogen-bond acceptors (Lipinski definition) is 6. The lowest BCUT2D eigenvalue weighted by atomic mass is 10.0. The molecule has 0 aliphatic heterocycles. The minimum absolute atomic E-state index is 0.0949. The van der Waals surface area contributed by atoms with Crippen LogP contribution in [0, 0.1) is 16.0 Å². The fourth-order valence-electron chi connectivity index (χ4n) is 2.24. The second-order valence-electron chi connectivity index (χ2n) is 5.82. The minimum atomic E-state index is -1.26. The predicted octanol–water partition coefficient (Wildman–Crippen LogP) is 1.20. The Kier molecular flexibility index (Phi) is 7.31. The Balaban J connectivity index is 2.93. The van der Waals surface area contributed by atoms with Crippen molar-refractivity contribution >= 4 is 17.6 Å². The molecule has 1 rings (SSSR count). The highest BCUT2D eigenvalue weighted by molar-refractivity contribution is 5.87. The van der Waals surface area contributed by atoms with E-state index >= 15 is 0 Å². The summed E-state index contributed by atoms with van der Waals surface area (Å²) in [4.78, 5) is 34.4. The van der Waals surface area contributed by atoms with Crippen LogP contribution in [0.4, 0.5) is 5.69 Å². The molecule has 1 amide bonds. The van der Waals surface area contributed by atoms with Gasteiger partial charge < -0.3 is 15.2 Å². The summed E-state index contributed by atoms with van der Waals surface area (Å²) in [5, 5.41) is 23.3. The van der Waals surface area contributed by atoms with Crippen LogP contribution >= 0.6 is 0 Å². The van der Waals surface area contributed by atoms with Crippen molar-refractivity contribution in [3.8, 4) is 0 Å². The molecular formula is C16H22N2O6. The number of rotatable bonds is 8. The highest BCUT2D eigenvalue weighted by atomic mass is 16.6. The van der Waals surface area contributed by atoms with Crippen molar-refractivity contribution < 1.29 is 24.4 Å². The van der Waals surface area contributed by atoms with Crippen molar-refractivity contribution in [3.63, 3.8) is 0 Å². The molecule has 0 unspecified atom stereocenters. The molecule has 0 aliphatic carbocycles. The number of nitrogens with zero attached hydrogens (tertiary/aromatic N) is 1. The smallest absolute Gasteiger partial charge is 0.328 e. The van der Waals surface area contributed by atoms with E-state index in [1.807, 2.05) is 13.8 Å². The second-order valence-corrected chi connectivity index (χ2v) is 5.82. The first kappa shape index (κ1) is 19.6. The van der Waals surface area contributed by atoms with Crippen LogP contribution in [-0.4, -0.2) is 41.2 Å². The van der Waals surface area contributed by atoms with Gasteiger partial charge in [-0.3, -0.25) is 14.9 Å². The zero-order valence-electron chi connectivity index (χ0n) is 13.9. The lowest BCUT2D eigenvalue weighted by Crippen LogP contribution is -2.47. The molecule has 0 aliphatic rings. The maximum atomic E-state index is 12.0. The number of aliphatic hydroxyl groups excluding tert-OH is 1. The van der Waals surface area contributed by atoms with E-state index in [2.05, 4.69) is 10.1 Å². The normalized spacial score (nSPS) is 13.2. The average molecular weight is 338 g/mol. The number of nitro benzene ring substituents is 1. The highest BCUT2D eigenvalue weighted by Crippen LogP contribution is 2.19. The van der Waals surface area contributed by atoms with Gasteiger partial charge in [-0.1, -0.05) is 32.0 Å². The van der Waals surface area contributed by atoms with Crippen LogP contribution in [0.2, 0.25) is 0 Å². The number of nitrogens with one attached hydrogen (secondary N) is 1. The highest BCUT2D eigenvalue weighted by Gasteiger charge is 2.28. The Morgan fingerprint density at radius 1 is 1.33 bits per heavy atom. The maximum Gasteiger partial charge on any atom is 0.328 e. The Hall–Kier alpha value is -2.48. The van der Waals surface area contributed by atoms with E-state index in [0.717, 1.165) is 7.11 Å². The summed E-state index contributed by atoms with van der Waals surface area (Å²) in [6, 6.07) is 4.82. The lowest BCUT2D eigenvalue weighted by molar-refractivity contribution is -0.385. The van der Waals surface area contributed by atoms with Crippen molar-refractivity contribution in [2.75, 3.05) is 7.11 Å². The summed E-state index contributed by atoms with van der Waals surface area (Å²) in [6.45, 7) is 3.70. The molecule has 0 saturated heterocycles.